The largest absolute Gasteiger partial charge is 0.305 e. The third-order valence-electron chi connectivity index (χ3n) is 6.14. The molecule has 150 valence electrons. The van der Waals surface area contributed by atoms with Crippen LogP contribution in [0.2, 0.25) is 0 Å². The maximum atomic E-state index is 13.7. The molecule has 2 aliphatic rings. The molecule has 1 fully saturated rings. The van der Waals surface area contributed by atoms with Crippen molar-refractivity contribution in [2.75, 3.05) is 38.1 Å². The summed E-state index contributed by atoms with van der Waals surface area (Å²) < 4.78 is 13.7. The number of halogens is 1. The lowest BCUT2D eigenvalue weighted by Gasteiger charge is -2.48. The minimum Gasteiger partial charge on any atom is -0.305 e. The summed E-state index contributed by atoms with van der Waals surface area (Å²) in [5, 5.41) is 2.89. The Kier molecular flexibility index (Phi) is 5.40. The SMILES string of the molecule is Cc1cc2c(cc1C)C(C=C=S)(N1CCN(C)CC1)N(c1ccc(F)cc1)C2=S. The number of thiocarbonyl (C=S) groups is 2. The van der Waals surface area contributed by atoms with Gasteiger partial charge < -0.3 is 9.80 Å². The zero-order chi connectivity index (χ0) is 20.8. The minimum atomic E-state index is -0.661. The summed E-state index contributed by atoms with van der Waals surface area (Å²) in [4.78, 5) is 7.59. The van der Waals surface area contributed by atoms with E-state index < -0.39 is 5.66 Å². The van der Waals surface area contributed by atoms with Gasteiger partial charge in [0.25, 0.3) is 0 Å². The highest BCUT2D eigenvalue weighted by Crippen LogP contribution is 2.47. The Morgan fingerprint density at radius 3 is 2.28 bits per heavy atom. The van der Waals surface area contributed by atoms with Gasteiger partial charge in [-0.25, -0.2) is 4.39 Å². The fourth-order valence-corrected chi connectivity index (χ4v) is 4.95. The van der Waals surface area contributed by atoms with Crippen molar-refractivity contribution in [2.45, 2.75) is 19.5 Å². The average molecular weight is 426 g/mol. The molecular formula is C23H24FN3S2. The second-order valence-electron chi connectivity index (χ2n) is 7.88. The van der Waals surface area contributed by atoms with Crippen LogP contribution in [0.5, 0.6) is 0 Å². The van der Waals surface area contributed by atoms with E-state index in [1.807, 2.05) is 6.08 Å². The Morgan fingerprint density at radius 1 is 1.03 bits per heavy atom. The van der Waals surface area contributed by atoms with E-state index in [2.05, 4.69) is 52.8 Å². The highest BCUT2D eigenvalue weighted by Gasteiger charge is 2.51. The third-order valence-corrected chi connectivity index (χ3v) is 6.66. The fraction of sp³-hybridized carbons (Fsp3) is 0.348. The molecule has 2 aliphatic heterocycles. The molecule has 1 atom stereocenters. The highest BCUT2D eigenvalue weighted by atomic mass is 32.1. The van der Waals surface area contributed by atoms with Crippen molar-refractivity contribution in [3.8, 4) is 0 Å². The summed E-state index contributed by atoms with van der Waals surface area (Å²) in [6, 6.07) is 10.9. The second-order valence-corrected chi connectivity index (χ2v) is 8.50. The van der Waals surface area contributed by atoms with Crippen LogP contribution in [0, 0.1) is 19.7 Å². The van der Waals surface area contributed by atoms with Gasteiger partial charge in [0, 0.05) is 49.1 Å². The van der Waals surface area contributed by atoms with Crippen molar-refractivity contribution in [1.29, 1.82) is 0 Å². The Balaban J connectivity index is 1.98. The van der Waals surface area contributed by atoms with Crippen LogP contribution >= 0.6 is 24.4 Å². The maximum absolute atomic E-state index is 13.7. The van der Waals surface area contributed by atoms with E-state index in [0.717, 1.165) is 48.0 Å². The van der Waals surface area contributed by atoms with E-state index in [0.29, 0.717) is 0 Å². The molecule has 4 rings (SSSR count). The van der Waals surface area contributed by atoms with E-state index in [9.17, 15) is 4.39 Å². The van der Waals surface area contributed by atoms with Crippen LogP contribution in [0.15, 0.2) is 42.5 Å². The highest BCUT2D eigenvalue weighted by molar-refractivity contribution is 7.81. The molecule has 2 aromatic rings. The number of likely N-dealkylation sites (N-methyl/N-ethyl adjacent to an activating group) is 1. The van der Waals surface area contributed by atoms with E-state index in [-0.39, 0.29) is 5.82 Å². The zero-order valence-electron chi connectivity index (χ0n) is 16.9. The molecular weight excluding hydrogens is 401 g/mol. The van der Waals surface area contributed by atoms with Crippen molar-refractivity contribution in [3.05, 3.63) is 70.5 Å². The summed E-state index contributed by atoms with van der Waals surface area (Å²) in [5.74, 6) is -0.265. The van der Waals surface area contributed by atoms with Gasteiger partial charge in [0.05, 0.1) is 0 Å². The summed E-state index contributed by atoms with van der Waals surface area (Å²) in [6.07, 6.45) is 1.95. The van der Waals surface area contributed by atoms with Gasteiger partial charge in [-0.1, -0.05) is 18.3 Å². The number of benzene rings is 2. The number of nitrogens with zero attached hydrogens (tertiary/aromatic N) is 3. The molecule has 0 amide bonds. The number of anilines is 1. The zero-order valence-corrected chi connectivity index (χ0v) is 18.5. The molecule has 0 aliphatic carbocycles. The van der Waals surface area contributed by atoms with Gasteiger partial charge in [0.1, 0.15) is 10.8 Å². The van der Waals surface area contributed by atoms with Crippen LogP contribution in [0.4, 0.5) is 10.1 Å². The first-order valence-corrected chi connectivity index (χ1v) is 10.6. The topological polar surface area (TPSA) is 9.72 Å². The minimum absolute atomic E-state index is 0.265. The van der Waals surface area contributed by atoms with Crippen molar-refractivity contribution in [3.63, 3.8) is 0 Å². The molecule has 0 bridgehead atoms. The second kappa shape index (κ2) is 7.71. The molecule has 0 aromatic heterocycles. The predicted octanol–water partition coefficient (Wildman–Crippen LogP) is 4.19. The molecule has 6 heteroatoms. The van der Waals surface area contributed by atoms with Gasteiger partial charge in [-0.2, -0.15) is 0 Å². The summed E-state index contributed by atoms with van der Waals surface area (Å²) >= 11 is 11.2. The first kappa shape index (κ1) is 20.3. The molecule has 3 nitrogen and oxygen atoms in total. The molecule has 1 saturated heterocycles. The number of hydrogen-bond acceptors (Lipinski definition) is 4. The summed E-state index contributed by atoms with van der Waals surface area (Å²) in [5.41, 5.74) is 4.76. The number of hydrogen-bond donors (Lipinski definition) is 0. The van der Waals surface area contributed by atoms with E-state index in [1.165, 1.54) is 23.3 Å². The van der Waals surface area contributed by atoms with Crippen LogP contribution in [0.25, 0.3) is 0 Å². The van der Waals surface area contributed by atoms with Crippen molar-refractivity contribution in [2.24, 2.45) is 0 Å². The molecule has 2 heterocycles. The molecule has 0 radical (unpaired) electrons. The number of piperazine rings is 1. The third kappa shape index (κ3) is 3.25. The van der Waals surface area contributed by atoms with Crippen LogP contribution in [-0.4, -0.2) is 53.0 Å². The van der Waals surface area contributed by atoms with Crippen molar-refractivity contribution in [1.82, 2.24) is 9.80 Å². The summed E-state index contributed by atoms with van der Waals surface area (Å²) in [7, 11) is 2.14. The fourth-order valence-electron chi connectivity index (χ4n) is 4.37. The molecule has 0 saturated carbocycles. The molecule has 2 aromatic carbocycles. The maximum Gasteiger partial charge on any atom is 0.153 e. The van der Waals surface area contributed by atoms with E-state index >= 15 is 0 Å². The van der Waals surface area contributed by atoms with E-state index in [1.54, 1.807) is 12.1 Å². The number of aryl methyl sites for hydroxylation is 2. The molecule has 0 N–H and O–H groups in total. The van der Waals surface area contributed by atoms with Gasteiger partial charge in [-0.05, 0) is 79.6 Å². The first-order valence-electron chi connectivity index (χ1n) is 9.76. The predicted molar refractivity (Wildman–Crippen MR) is 124 cm³/mol. The Labute approximate surface area is 182 Å². The molecule has 0 spiro atoms. The van der Waals surface area contributed by atoms with Gasteiger partial charge in [0.2, 0.25) is 0 Å². The first-order chi connectivity index (χ1) is 13.9. The quantitative estimate of drug-likeness (QED) is 0.680. The standard InChI is InChI=1S/C23H24FN3S2/c1-16-14-20-21(15-17(16)2)23(8-13-28,26-11-9-25(3)10-12-26)27(22(20)29)19-6-4-18(24)5-7-19/h4-8,14-15H,9-12H2,1-3H3. The van der Waals surface area contributed by atoms with Gasteiger partial charge in [0.15, 0.2) is 5.66 Å². The van der Waals surface area contributed by atoms with Crippen LogP contribution in [-0.2, 0) is 5.66 Å². The number of fused-ring (bicyclic) bond motifs is 1. The monoisotopic (exact) mass is 425 g/mol. The Hall–Kier alpha value is -1.95. The van der Waals surface area contributed by atoms with Gasteiger partial charge in [-0.15, -0.1) is 0 Å². The van der Waals surface area contributed by atoms with Crippen LogP contribution < -0.4 is 4.90 Å². The Bertz CT molecular complexity index is 1010. The smallest absolute Gasteiger partial charge is 0.153 e. The number of rotatable bonds is 3. The van der Waals surface area contributed by atoms with Crippen molar-refractivity contribution < 1.29 is 4.39 Å². The lowest BCUT2D eigenvalue weighted by Crippen LogP contribution is -2.60. The average Bonchev–Trinajstić information content (AvgIpc) is 2.93. The van der Waals surface area contributed by atoms with Gasteiger partial charge >= 0.3 is 0 Å². The Morgan fingerprint density at radius 2 is 1.66 bits per heavy atom. The summed E-state index contributed by atoms with van der Waals surface area (Å²) in [6.45, 7) is 7.88. The van der Waals surface area contributed by atoms with E-state index in [4.69, 9.17) is 24.4 Å². The van der Waals surface area contributed by atoms with Gasteiger partial charge in [-0.3, -0.25) is 4.90 Å². The van der Waals surface area contributed by atoms with Crippen molar-refractivity contribution >= 4 is 40.1 Å². The van der Waals surface area contributed by atoms with Crippen LogP contribution in [0.1, 0.15) is 22.3 Å². The normalized spacial score (nSPS) is 22.5. The lowest BCUT2D eigenvalue weighted by molar-refractivity contribution is 0.0761. The molecule has 29 heavy (non-hydrogen) atoms. The lowest BCUT2D eigenvalue weighted by atomic mass is 9.92. The van der Waals surface area contributed by atoms with Crippen LogP contribution in [0.3, 0.4) is 0 Å². The molecule has 1 unspecified atom stereocenters.